The van der Waals surface area contributed by atoms with Crippen molar-refractivity contribution in [2.24, 2.45) is 0 Å². The Kier molecular flexibility index (Phi) is 5.90. The molecule has 1 aromatic carbocycles. The van der Waals surface area contributed by atoms with Crippen LogP contribution < -0.4 is 9.47 Å². The van der Waals surface area contributed by atoms with Crippen molar-refractivity contribution in [1.82, 2.24) is 0 Å². The minimum absolute atomic E-state index is 0.834. The highest BCUT2D eigenvalue weighted by Crippen LogP contribution is 2.19. The lowest BCUT2D eigenvalue weighted by molar-refractivity contribution is 0.293. The lowest BCUT2D eigenvalue weighted by Gasteiger charge is -2.10. The molecule has 2 aliphatic heterocycles. The maximum absolute atomic E-state index is 5.70. The second-order valence-electron chi connectivity index (χ2n) is 5.00. The second-order valence-corrected chi connectivity index (χ2v) is 5.00. The van der Waals surface area contributed by atoms with Gasteiger partial charge in [-0.2, -0.15) is 0 Å². The maximum Gasteiger partial charge on any atom is 0.119 e. The van der Waals surface area contributed by atoms with Crippen LogP contribution in [-0.2, 0) is 0 Å². The van der Waals surface area contributed by atoms with Gasteiger partial charge in [0.05, 0.1) is 13.2 Å². The summed E-state index contributed by atoms with van der Waals surface area (Å²) in [5.41, 5.74) is 0. The third-order valence-corrected chi connectivity index (χ3v) is 3.40. The van der Waals surface area contributed by atoms with Crippen LogP contribution >= 0.6 is 0 Å². The van der Waals surface area contributed by atoms with E-state index in [1.165, 1.54) is 38.5 Å². The predicted molar refractivity (Wildman–Crippen MR) is 74.4 cm³/mol. The van der Waals surface area contributed by atoms with Gasteiger partial charge in [-0.05, 0) is 37.1 Å². The second kappa shape index (κ2) is 8.02. The van der Waals surface area contributed by atoms with Crippen molar-refractivity contribution in [3.8, 4) is 11.5 Å². The van der Waals surface area contributed by atoms with Crippen LogP contribution in [0.1, 0.15) is 51.4 Å². The molecule has 0 atom stereocenters. The van der Waals surface area contributed by atoms with Gasteiger partial charge in [0, 0.05) is 0 Å². The fourth-order valence-electron chi connectivity index (χ4n) is 2.28. The predicted octanol–water partition coefficient (Wildman–Crippen LogP) is 4.58. The lowest BCUT2D eigenvalue weighted by Crippen LogP contribution is -1.99. The molecule has 0 spiro atoms. The Morgan fingerprint density at radius 3 is 1.22 bits per heavy atom. The van der Waals surface area contributed by atoms with E-state index in [0.29, 0.717) is 0 Å². The first kappa shape index (κ1) is 13.3. The summed E-state index contributed by atoms with van der Waals surface area (Å²) in [6.07, 6.45) is 10.3. The SMILES string of the molecule is c1cc2ccc1OCCCCCCCCCCO2. The van der Waals surface area contributed by atoms with Crippen molar-refractivity contribution < 1.29 is 9.47 Å². The number of hydrogen-bond acceptors (Lipinski definition) is 2. The average molecular weight is 248 g/mol. The summed E-state index contributed by atoms with van der Waals surface area (Å²) in [7, 11) is 0. The topological polar surface area (TPSA) is 18.5 Å². The molecule has 0 amide bonds. The zero-order chi connectivity index (χ0) is 12.5. The van der Waals surface area contributed by atoms with Crippen LogP contribution in [0, 0.1) is 0 Å². The van der Waals surface area contributed by atoms with Crippen molar-refractivity contribution in [1.29, 1.82) is 0 Å². The molecular formula is C16H24O2. The quantitative estimate of drug-likeness (QED) is 0.669. The highest BCUT2D eigenvalue weighted by molar-refractivity contribution is 5.31. The van der Waals surface area contributed by atoms with Gasteiger partial charge in [-0.25, -0.2) is 0 Å². The van der Waals surface area contributed by atoms with E-state index >= 15 is 0 Å². The van der Waals surface area contributed by atoms with Gasteiger partial charge in [-0.1, -0.05) is 38.5 Å². The van der Waals surface area contributed by atoms with E-state index in [4.69, 9.17) is 9.47 Å². The normalized spacial score (nSPS) is 18.9. The summed E-state index contributed by atoms with van der Waals surface area (Å²) in [6.45, 7) is 1.67. The van der Waals surface area contributed by atoms with Crippen LogP contribution in [0.2, 0.25) is 0 Å². The standard InChI is InChI=1S/C16H24O2/c1-2-4-6-8-14-18-16-11-9-15(10-12-16)17-13-7-5-3-1/h9-12H,1-8,13-14H2. The highest BCUT2D eigenvalue weighted by atomic mass is 16.5. The summed E-state index contributed by atoms with van der Waals surface area (Å²) >= 11 is 0. The lowest BCUT2D eigenvalue weighted by atomic mass is 10.1. The molecule has 3 rings (SSSR count). The Hall–Kier alpha value is -1.18. The fourth-order valence-corrected chi connectivity index (χ4v) is 2.28. The Balaban J connectivity index is 1.84. The zero-order valence-corrected chi connectivity index (χ0v) is 11.2. The van der Waals surface area contributed by atoms with E-state index in [-0.39, 0.29) is 0 Å². The molecule has 18 heavy (non-hydrogen) atoms. The van der Waals surface area contributed by atoms with Crippen LogP contribution in [0.4, 0.5) is 0 Å². The van der Waals surface area contributed by atoms with Gasteiger partial charge >= 0.3 is 0 Å². The molecule has 2 heterocycles. The Morgan fingerprint density at radius 1 is 0.500 bits per heavy atom. The number of rotatable bonds is 0. The number of ether oxygens (including phenoxy) is 2. The van der Waals surface area contributed by atoms with E-state index in [1.54, 1.807) is 0 Å². The average Bonchev–Trinajstić information content (AvgIpc) is 2.40. The molecule has 1 aromatic rings. The summed E-state index contributed by atoms with van der Waals surface area (Å²) in [5, 5.41) is 0. The number of hydrogen-bond donors (Lipinski definition) is 0. The molecule has 2 aliphatic rings. The van der Waals surface area contributed by atoms with Crippen molar-refractivity contribution in [2.75, 3.05) is 13.2 Å². The summed E-state index contributed by atoms with van der Waals surface area (Å²) in [4.78, 5) is 0. The van der Waals surface area contributed by atoms with Crippen molar-refractivity contribution in [3.05, 3.63) is 24.3 Å². The minimum atomic E-state index is 0.834. The van der Waals surface area contributed by atoms with Gasteiger partial charge in [0.2, 0.25) is 0 Å². The van der Waals surface area contributed by atoms with Gasteiger partial charge < -0.3 is 9.47 Å². The molecule has 0 aromatic heterocycles. The molecule has 100 valence electrons. The third kappa shape index (κ3) is 4.99. The molecule has 0 saturated carbocycles. The smallest absolute Gasteiger partial charge is 0.119 e. The summed E-state index contributed by atoms with van der Waals surface area (Å²) < 4.78 is 11.4. The van der Waals surface area contributed by atoms with E-state index in [9.17, 15) is 0 Å². The molecular weight excluding hydrogens is 224 g/mol. The first-order valence-corrected chi connectivity index (χ1v) is 7.31. The van der Waals surface area contributed by atoms with Crippen LogP contribution in [0.5, 0.6) is 11.5 Å². The van der Waals surface area contributed by atoms with Crippen molar-refractivity contribution in [2.45, 2.75) is 51.4 Å². The Labute approximate surface area is 110 Å². The highest BCUT2D eigenvalue weighted by Gasteiger charge is 1.99. The minimum Gasteiger partial charge on any atom is -0.494 e. The monoisotopic (exact) mass is 248 g/mol. The third-order valence-electron chi connectivity index (χ3n) is 3.40. The Bertz CT molecular complexity index is 285. The van der Waals surface area contributed by atoms with Crippen LogP contribution in [0.3, 0.4) is 0 Å². The summed E-state index contributed by atoms with van der Waals surface area (Å²) in [5.74, 6) is 1.91. The fraction of sp³-hybridized carbons (Fsp3) is 0.625. The molecule has 0 unspecified atom stereocenters. The van der Waals surface area contributed by atoms with Gasteiger partial charge in [0.15, 0.2) is 0 Å². The van der Waals surface area contributed by atoms with Gasteiger partial charge in [-0.3, -0.25) is 0 Å². The van der Waals surface area contributed by atoms with Crippen LogP contribution in [0.15, 0.2) is 24.3 Å². The van der Waals surface area contributed by atoms with Crippen molar-refractivity contribution >= 4 is 0 Å². The van der Waals surface area contributed by atoms with E-state index < -0.39 is 0 Å². The largest absolute Gasteiger partial charge is 0.494 e. The van der Waals surface area contributed by atoms with Gasteiger partial charge in [0.1, 0.15) is 11.5 Å². The van der Waals surface area contributed by atoms with E-state index in [0.717, 1.165) is 37.6 Å². The molecule has 0 aliphatic carbocycles. The van der Waals surface area contributed by atoms with E-state index in [2.05, 4.69) is 0 Å². The Morgan fingerprint density at radius 2 is 0.833 bits per heavy atom. The van der Waals surface area contributed by atoms with E-state index in [1.807, 2.05) is 24.3 Å². The van der Waals surface area contributed by atoms with Crippen molar-refractivity contribution in [3.63, 3.8) is 0 Å². The number of benzene rings is 1. The maximum atomic E-state index is 5.70. The first-order chi connectivity index (χ1) is 8.95. The van der Waals surface area contributed by atoms with Crippen LogP contribution in [-0.4, -0.2) is 13.2 Å². The molecule has 2 heteroatoms. The zero-order valence-electron chi connectivity index (χ0n) is 11.2. The molecule has 2 nitrogen and oxygen atoms in total. The molecule has 0 N–H and O–H groups in total. The molecule has 0 saturated heterocycles. The van der Waals surface area contributed by atoms with Crippen LogP contribution in [0.25, 0.3) is 0 Å². The first-order valence-electron chi connectivity index (χ1n) is 7.31. The molecule has 2 bridgehead atoms. The summed E-state index contributed by atoms with van der Waals surface area (Å²) in [6, 6.07) is 8.00. The van der Waals surface area contributed by atoms with Gasteiger partial charge in [0.25, 0.3) is 0 Å². The van der Waals surface area contributed by atoms with Gasteiger partial charge in [-0.15, -0.1) is 0 Å². The molecule has 0 fully saturated rings. The number of fused-ring (bicyclic) bond motifs is 13. The molecule has 0 radical (unpaired) electrons.